The monoisotopic (exact) mass is 332 g/mol. The molecule has 1 amide bonds. The fourth-order valence-electron chi connectivity index (χ4n) is 1.94. The molecule has 0 aromatic carbocycles. The molecule has 0 spiro atoms. The van der Waals surface area contributed by atoms with Gasteiger partial charge < -0.3 is 15.8 Å². The second kappa shape index (κ2) is 5.59. The number of ether oxygens (including phenoxy) is 1. The highest BCUT2D eigenvalue weighted by Gasteiger charge is 2.32. The molecule has 1 heterocycles. The number of hydrogen-bond acceptors (Lipinski definition) is 4. The van der Waals surface area contributed by atoms with Crippen LogP contribution in [0, 0.1) is 12.8 Å². The van der Waals surface area contributed by atoms with Crippen molar-refractivity contribution in [3.8, 4) is 5.75 Å². The van der Waals surface area contributed by atoms with Crippen molar-refractivity contribution in [2.24, 2.45) is 11.7 Å². The van der Waals surface area contributed by atoms with Crippen LogP contribution in [0.4, 0.5) is 0 Å². The molecule has 1 aliphatic carbocycles. The molecule has 2 rings (SSSR count). The Hall–Kier alpha value is -0.590. The largest absolute Gasteiger partial charge is 0.494 e. The van der Waals surface area contributed by atoms with E-state index in [0.29, 0.717) is 23.1 Å². The lowest BCUT2D eigenvalue weighted by molar-refractivity contribution is 0.0935. The summed E-state index contributed by atoms with van der Waals surface area (Å²) in [5.41, 5.74) is 5.69. The molecule has 6 heteroatoms. The first-order valence-electron chi connectivity index (χ1n) is 5.92. The van der Waals surface area contributed by atoms with Gasteiger partial charge >= 0.3 is 0 Å². The summed E-state index contributed by atoms with van der Waals surface area (Å²) < 4.78 is 6.14. The summed E-state index contributed by atoms with van der Waals surface area (Å²) in [5, 5.41) is 3.01. The lowest BCUT2D eigenvalue weighted by atomic mass is 10.2. The second-order valence-corrected chi connectivity index (χ2v) is 6.51. The van der Waals surface area contributed by atoms with Gasteiger partial charge in [-0.25, -0.2) is 0 Å². The molecule has 0 bridgehead atoms. The number of aryl methyl sites for hydroxylation is 1. The summed E-state index contributed by atoms with van der Waals surface area (Å²) >= 11 is 4.87. The SMILES string of the molecule is COc1c(C(=O)NC(CN)C2CC2)sc(C)c1Br. The fourth-order valence-corrected chi connectivity index (χ4v) is 3.59. The Morgan fingerprint density at radius 1 is 1.67 bits per heavy atom. The quantitative estimate of drug-likeness (QED) is 0.869. The topological polar surface area (TPSA) is 64.3 Å². The molecule has 1 atom stereocenters. The van der Waals surface area contributed by atoms with Gasteiger partial charge in [-0.3, -0.25) is 4.79 Å². The minimum Gasteiger partial charge on any atom is -0.494 e. The van der Waals surface area contributed by atoms with E-state index in [-0.39, 0.29) is 11.9 Å². The Balaban J connectivity index is 2.15. The summed E-state index contributed by atoms with van der Waals surface area (Å²) in [6, 6.07) is 0.0865. The van der Waals surface area contributed by atoms with Crippen molar-refractivity contribution >= 4 is 33.2 Å². The maximum atomic E-state index is 12.2. The van der Waals surface area contributed by atoms with Crippen molar-refractivity contribution in [3.63, 3.8) is 0 Å². The second-order valence-electron chi connectivity index (χ2n) is 4.49. The first kappa shape index (κ1) is 13.8. The number of methoxy groups -OCH3 is 1. The standard InChI is InChI=1S/C12H17BrN2O2S/c1-6-9(13)10(17-2)11(18-6)12(16)15-8(5-14)7-3-4-7/h7-8H,3-5,14H2,1-2H3,(H,15,16). The molecule has 100 valence electrons. The maximum absolute atomic E-state index is 12.2. The van der Waals surface area contributed by atoms with E-state index in [2.05, 4.69) is 21.2 Å². The van der Waals surface area contributed by atoms with Gasteiger partial charge in [-0.2, -0.15) is 0 Å². The summed E-state index contributed by atoms with van der Waals surface area (Å²) in [7, 11) is 1.57. The van der Waals surface area contributed by atoms with Crippen LogP contribution in [0.15, 0.2) is 4.47 Å². The predicted octanol–water partition coefficient (Wildman–Crippen LogP) is 2.29. The molecule has 3 N–H and O–H groups in total. The third-order valence-corrected chi connectivity index (χ3v) is 5.44. The zero-order valence-corrected chi connectivity index (χ0v) is 12.9. The first-order valence-corrected chi connectivity index (χ1v) is 7.53. The van der Waals surface area contributed by atoms with Crippen LogP contribution >= 0.6 is 27.3 Å². The van der Waals surface area contributed by atoms with Gasteiger partial charge in [0.1, 0.15) is 4.88 Å². The van der Waals surface area contributed by atoms with E-state index in [9.17, 15) is 4.79 Å². The fraction of sp³-hybridized carbons (Fsp3) is 0.583. The van der Waals surface area contributed by atoms with Gasteiger partial charge in [-0.1, -0.05) is 0 Å². The van der Waals surface area contributed by atoms with Crippen LogP contribution in [0.1, 0.15) is 27.4 Å². The maximum Gasteiger partial charge on any atom is 0.265 e. The minimum absolute atomic E-state index is 0.0865. The predicted molar refractivity (Wildman–Crippen MR) is 76.3 cm³/mol. The Kier molecular flexibility index (Phi) is 4.29. The van der Waals surface area contributed by atoms with E-state index in [1.807, 2.05) is 6.92 Å². The number of carbonyl (C=O) groups excluding carboxylic acids is 1. The van der Waals surface area contributed by atoms with Crippen molar-refractivity contribution in [2.75, 3.05) is 13.7 Å². The van der Waals surface area contributed by atoms with Gasteiger partial charge in [0.2, 0.25) is 0 Å². The average molecular weight is 333 g/mol. The van der Waals surface area contributed by atoms with Crippen LogP contribution in [0.25, 0.3) is 0 Å². The van der Waals surface area contributed by atoms with Crippen molar-refractivity contribution < 1.29 is 9.53 Å². The van der Waals surface area contributed by atoms with Crippen molar-refractivity contribution in [1.82, 2.24) is 5.32 Å². The van der Waals surface area contributed by atoms with Gasteiger partial charge in [0.15, 0.2) is 5.75 Å². The third-order valence-electron chi connectivity index (χ3n) is 3.14. The Morgan fingerprint density at radius 3 is 2.83 bits per heavy atom. The Bertz CT molecular complexity index is 457. The molecular weight excluding hydrogens is 316 g/mol. The van der Waals surface area contributed by atoms with E-state index < -0.39 is 0 Å². The van der Waals surface area contributed by atoms with Crippen LogP contribution in [-0.2, 0) is 0 Å². The Labute approximate surface area is 119 Å². The van der Waals surface area contributed by atoms with E-state index in [1.165, 1.54) is 11.3 Å². The number of nitrogens with two attached hydrogens (primary N) is 1. The van der Waals surface area contributed by atoms with E-state index in [4.69, 9.17) is 10.5 Å². The van der Waals surface area contributed by atoms with E-state index in [0.717, 1.165) is 22.2 Å². The molecule has 1 aromatic rings. The van der Waals surface area contributed by atoms with Crippen molar-refractivity contribution in [2.45, 2.75) is 25.8 Å². The molecule has 0 radical (unpaired) electrons. The molecule has 0 saturated heterocycles. The zero-order valence-electron chi connectivity index (χ0n) is 10.5. The van der Waals surface area contributed by atoms with Gasteiger partial charge in [0.05, 0.1) is 11.6 Å². The van der Waals surface area contributed by atoms with Gasteiger partial charge in [-0.05, 0) is 41.6 Å². The average Bonchev–Trinajstić information content (AvgIpc) is 3.14. The number of carbonyl (C=O) groups is 1. The number of amides is 1. The van der Waals surface area contributed by atoms with E-state index >= 15 is 0 Å². The summed E-state index contributed by atoms with van der Waals surface area (Å²) in [6.45, 7) is 2.44. The van der Waals surface area contributed by atoms with Crippen molar-refractivity contribution in [3.05, 3.63) is 14.2 Å². The lowest BCUT2D eigenvalue weighted by Crippen LogP contribution is -2.41. The molecule has 18 heavy (non-hydrogen) atoms. The zero-order chi connectivity index (χ0) is 13.3. The smallest absolute Gasteiger partial charge is 0.265 e. The van der Waals surface area contributed by atoms with Crippen LogP contribution in [0.5, 0.6) is 5.75 Å². The minimum atomic E-state index is -0.0898. The van der Waals surface area contributed by atoms with Crippen LogP contribution in [0.3, 0.4) is 0 Å². The molecule has 1 saturated carbocycles. The number of nitrogens with one attached hydrogen (secondary N) is 1. The van der Waals surface area contributed by atoms with Crippen molar-refractivity contribution in [1.29, 1.82) is 0 Å². The van der Waals surface area contributed by atoms with E-state index in [1.54, 1.807) is 7.11 Å². The number of hydrogen-bond donors (Lipinski definition) is 2. The Morgan fingerprint density at radius 2 is 2.33 bits per heavy atom. The lowest BCUT2D eigenvalue weighted by Gasteiger charge is -2.15. The molecule has 0 aliphatic heterocycles. The van der Waals surface area contributed by atoms with Crippen LogP contribution in [0.2, 0.25) is 0 Å². The third kappa shape index (κ3) is 2.70. The molecule has 1 aromatic heterocycles. The normalized spacial score (nSPS) is 16.4. The molecular formula is C12H17BrN2O2S. The first-order chi connectivity index (χ1) is 8.58. The molecule has 4 nitrogen and oxygen atoms in total. The highest BCUT2D eigenvalue weighted by Crippen LogP contribution is 2.39. The van der Waals surface area contributed by atoms with Gasteiger partial charge in [-0.15, -0.1) is 11.3 Å². The van der Waals surface area contributed by atoms with Gasteiger partial charge in [0, 0.05) is 17.5 Å². The summed E-state index contributed by atoms with van der Waals surface area (Å²) in [6.07, 6.45) is 2.32. The molecule has 1 fully saturated rings. The summed E-state index contributed by atoms with van der Waals surface area (Å²) in [5.74, 6) is 1.07. The van der Waals surface area contributed by atoms with Gasteiger partial charge in [0.25, 0.3) is 5.91 Å². The van der Waals surface area contributed by atoms with Crippen LogP contribution in [-0.4, -0.2) is 25.6 Å². The highest BCUT2D eigenvalue weighted by atomic mass is 79.9. The molecule has 1 aliphatic rings. The number of rotatable bonds is 5. The summed E-state index contributed by atoms with van der Waals surface area (Å²) in [4.78, 5) is 13.9. The number of thiophene rings is 1. The molecule has 1 unspecified atom stereocenters. The number of halogens is 1. The van der Waals surface area contributed by atoms with Crippen LogP contribution < -0.4 is 15.8 Å². The highest BCUT2D eigenvalue weighted by molar-refractivity contribution is 9.10.